The van der Waals surface area contributed by atoms with E-state index >= 15 is 0 Å². The highest BCUT2D eigenvalue weighted by atomic mass is 35.5. The molecular weight excluding hydrogens is 661 g/mol. The largest absolute Gasteiger partial charge is 0.388 e. The van der Waals surface area contributed by atoms with Crippen LogP contribution in [0.1, 0.15) is 60.1 Å². The Morgan fingerprint density at radius 3 is 2.64 bits per heavy atom. The number of pyridine rings is 1. The summed E-state index contributed by atoms with van der Waals surface area (Å²) in [5, 5.41) is 20.3. The average Bonchev–Trinajstić information content (AvgIpc) is 3.54. The number of nitrogens with one attached hydrogen (secondary N) is 1. The van der Waals surface area contributed by atoms with E-state index in [1.807, 2.05) is 12.1 Å². The molecule has 2 amide bonds. The zero-order valence-corrected chi connectivity index (χ0v) is 28.4. The molecule has 1 atom stereocenters. The summed E-state index contributed by atoms with van der Waals surface area (Å²) in [5.74, 6) is -1.52. The summed E-state index contributed by atoms with van der Waals surface area (Å²) in [6.07, 6.45) is 8.44. The van der Waals surface area contributed by atoms with Gasteiger partial charge in [-0.15, -0.1) is 5.10 Å². The van der Waals surface area contributed by atoms with E-state index in [0.717, 1.165) is 47.3 Å². The molecule has 5 aromatic rings. The molecule has 1 aliphatic carbocycles. The summed E-state index contributed by atoms with van der Waals surface area (Å²) in [6, 6.07) is 13.7. The first kappa shape index (κ1) is 33.8. The normalized spacial score (nSPS) is 16.3. The predicted molar refractivity (Wildman–Crippen MR) is 187 cm³/mol. The van der Waals surface area contributed by atoms with Crippen LogP contribution in [0.4, 0.5) is 4.39 Å². The van der Waals surface area contributed by atoms with E-state index in [9.17, 15) is 23.9 Å². The van der Waals surface area contributed by atoms with Crippen molar-refractivity contribution in [3.63, 3.8) is 0 Å². The van der Waals surface area contributed by atoms with E-state index in [1.165, 1.54) is 27.8 Å². The first-order chi connectivity index (χ1) is 24.2. The molecule has 0 saturated carbocycles. The topological polar surface area (TPSA) is 135 Å². The number of amides is 2. The number of halogens is 2. The lowest BCUT2D eigenvalue weighted by Gasteiger charge is -2.39. The van der Waals surface area contributed by atoms with Gasteiger partial charge in [0.1, 0.15) is 0 Å². The van der Waals surface area contributed by atoms with Crippen molar-refractivity contribution in [2.75, 3.05) is 19.6 Å². The molecule has 1 fully saturated rings. The fraction of sp³-hybridized carbons (Fsp3) is 0.405. The second-order valence-corrected chi connectivity index (χ2v) is 13.9. The van der Waals surface area contributed by atoms with E-state index in [2.05, 4.69) is 15.4 Å². The van der Waals surface area contributed by atoms with Gasteiger partial charge in [0.25, 0.3) is 11.5 Å². The first-order valence-corrected chi connectivity index (χ1v) is 17.6. The number of para-hydroxylation sites is 1. The number of carbonyl (C=O) groups excluding carboxylic acids is 2. The summed E-state index contributed by atoms with van der Waals surface area (Å²) < 4.78 is 16.6. The Morgan fingerprint density at radius 1 is 1.04 bits per heavy atom. The zero-order valence-electron chi connectivity index (χ0n) is 27.7. The van der Waals surface area contributed by atoms with E-state index in [-0.39, 0.29) is 43.3 Å². The standard InChI is InChI=1S/C37H39ClFN7O4/c38-33-26-7-1-4-10-30(26)42-31-20-24(11-12-27(31)33)34(47)40-16-5-6-25(21-46-17-13-32(39)43-46)35(48)44-18-14-37(50,15-19-44)22-45-23-41-29-9-3-2-8-28(29)36(45)49/h2-3,8-9,11-13,17,20,23,25,50H,1,4-7,10,14-16,18-19,21-22H2,(H,40,47). The van der Waals surface area contributed by atoms with Crippen molar-refractivity contribution in [1.82, 2.24) is 34.5 Å². The highest BCUT2D eigenvalue weighted by Crippen LogP contribution is 2.33. The Hall–Kier alpha value is -4.68. The van der Waals surface area contributed by atoms with Crippen LogP contribution in [0.2, 0.25) is 5.02 Å². The molecule has 3 aromatic heterocycles. The molecule has 260 valence electrons. The van der Waals surface area contributed by atoms with Gasteiger partial charge in [0, 0.05) is 48.5 Å². The maximum atomic E-state index is 13.8. The second-order valence-electron chi connectivity index (χ2n) is 13.5. The van der Waals surface area contributed by atoms with Gasteiger partial charge in [-0.1, -0.05) is 29.8 Å². The maximum absolute atomic E-state index is 13.8. The SMILES string of the molecule is O=C(NCCCC(Cn1ccc(F)n1)C(=O)N1CCC(O)(Cn2cnc3ccccc3c2=O)CC1)c1ccc2c(Cl)c3c(nc2c1)CCCC3. The number of aryl methyl sites for hydroxylation is 1. The lowest BCUT2D eigenvalue weighted by atomic mass is 9.90. The molecule has 50 heavy (non-hydrogen) atoms. The maximum Gasteiger partial charge on any atom is 0.261 e. The van der Waals surface area contributed by atoms with Crippen molar-refractivity contribution in [2.45, 2.75) is 70.1 Å². The molecule has 2 aliphatic rings. The molecule has 1 unspecified atom stereocenters. The Morgan fingerprint density at radius 2 is 1.84 bits per heavy atom. The number of fused-ring (bicyclic) bond motifs is 3. The molecule has 2 N–H and O–H groups in total. The van der Waals surface area contributed by atoms with Crippen LogP contribution in [0, 0.1) is 11.9 Å². The van der Waals surface area contributed by atoms with Gasteiger partial charge in [0.15, 0.2) is 0 Å². The number of aliphatic hydroxyl groups is 1. The van der Waals surface area contributed by atoms with Crippen LogP contribution in [0.5, 0.6) is 0 Å². The monoisotopic (exact) mass is 699 g/mol. The predicted octanol–water partition coefficient (Wildman–Crippen LogP) is 4.69. The smallest absolute Gasteiger partial charge is 0.261 e. The minimum absolute atomic E-state index is 0.0733. The van der Waals surface area contributed by atoms with E-state index < -0.39 is 17.5 Å². The zero-order chi connectivity index (χ0) is 34.8. The average molecular weight is 700 g/mol. The lowest BCUT2D eigenvalue weighted by Crippen LogP contribution is -2.51. The van der Waals surface area contributed by atoms with Gasteiger partial charge < -0.3 is 15.3 Å². The third kappa shape index (κ3) is 7.13. The van der Waals surface area contributed by atoms with Crippen LogP contribution >= 0.6 is 11.6 Å². The van der Waals surface area contributed by atoms with E-state index in [1.54, 1.807) is 35.2 Å². The third-order valence-corrected chi connectivity index (χ3v) is 10.5. The van der Waals surface area contributed by atoms with Crippen molar-refractivity contribution >= 4 is 45.2 Å². The molecule has 1 aliphatic heterocycles. The summed E-state index contributed by atoms with van der Waals surface area (Å²) >= 11 is 6.71. The summed E-state index contributed by atoms with van der Waals surface area (Å²) in [6.45, 7) is 1.19. The number of piperidine rings is 1. The lowest BCUT2D eigenvalue weighted by molar-refractivity contribution is -0.141. The van der Waals surface area contributed by atoms with Gasteiger partial charge in [-0.3, -0.25) is 28.6 Å². The number of carbonyl (C=O) groups is 2. The van der Waals surface area contributed by atoms with E-state index in [4.69, 9.17) is 16.6 Å². The van der Waals surface area contributed by atoms with Crippen molar-refractivity contribution in [3.05, 3.63) is 99.2 Å². The number of rotatable bonds is 10. The van der Waals surface area contributed by atoms with Crippen LogP contribution in [0.15, 0.2) is 65.8 Å². The van der Waals surface area contributed by atoms with Crippen molar-refractivity contribution in [2.24, 2.45) is 5.92 Å². The van der Waals surface area contributed by atoms with Crippen molar-refractivity contribution in [3.8, 4) is 0 Å². The Bertz CT molecular complexity index is 2120. The fourth-order valence-electron chi connectivity index (χ4n) is 7.21. The minimum atomic E-state index is -1.18. The summed E-state index contributed by atoms with van der Waals surface area (Å²) in [7, 11) is 0. The number of likely N-dealkylation sites (tertiary alicyclic amines) is 1. The molecule has 13 heteroatoms. The van der Waals surface area contributed by atoms with Gasteiger partial charge in [0.05, 0.1) is 52.4 Å². The van der Waals surface area contributed by atoms with Gasteiger partial charge in [0.2, 0.25) is 11.9 Å². The van der Waals surface area contributed by atoms with Crippen LogP contribution in [-0.4, -0.2) is 71.4 Å². The van der Waals surface area contributed by atoms with Gasteiger partial charge in [-0.25, -0.2) is 4.98 Å². The molecule has 4 heterocycles. The van der Waals surface area contributed by atoms with Gasteiger partial charge in [-0.2, -0.15) is 4.39 Å². The second kappa shape index (κ2) is 14.3. The number of hydrogen-bond donors (Lipinski definition) is 2. The van der Waals surface area contributed by atoms with Crippen LogP contribution in [0.25, 0.3) is 21.8 Å². The number of aromatic nitrogens is 5. The molecule has 7 rings (SSSR count). The minimum Gasteiger partial charge on any atom is -0.388 e. The molecule has 11 nitrogen and oxygen atoms in total. The number of benzene rings is 2. The highest BCUT2D eigenvalue weighted by Gasteiger charge is 2.36. The fourth-order valence-corrected chi connectivity index (χ4v) is 7.58. The van der Waals surface area contributed by atoms with Gasteiger partial charge in [-0.05, 0) is 81.2 Å². The summed E-state index contributed by atoms with van der Waals surface area (Å²) in [5.41, 5.74) is 2.50. The summed E-state index contributed by atoms with van der Waals surface area (Å²) in [4.78, 5) is 50.8. The Labute approximate surface area is 293 Å². The van der Waals surface area contributed by atoms with E-state index in [0.29, 0.717) is 54.5 Å². The van der Waals surface area contributed by atoms with Crippen molar-refractivity contribution in [1.29, 1.82) is 0 Å². The quantitative estimate of drug-likeness (QED) is 0.202. The first-order valence-electron chi connectivity index (χ1n) is 17.2. The third-order valence-electron chi connectivity index (χ3n) is 10.0. The van der Waals surface area contributed by atoms with Crippen LogP contribution < -0.4 is 10.9 Å². The number of nitrogens with zero attached hydrogens (tertiary/aromatic N) is 6. The molecule has 2 aromatic carbocycles. The van der Waals surface area contributed by atoms with Crippen molar-refractivity contribution < 1.29 is 19.1 Å². The molecular formula is C37H39ClFN7O4. The Balaban J connectivity index is 0.968. The van der Waals surface area contributed by atoms with Crippen LogP contribution in [-0.2, 0) is 30.7 Å². The molecule has 0 spiro atoms. The Kier molecular flexibility index (Phi) is 9.65. The molecule has 0 bridgehead atoms. The molecule has 0 radical (unpaired) electrons. The highest BCUT2D eigenvalue weighted by molar-refractivity contribution is 6.36. The van der Waals surface area contributed by atoms with Crippen LogP contribution in [0.3, 0.4) is 0 Å². The number of hydrogen-bond acceptors (Lipinski definition) is 7. The van der Waals surface area contributed by atoms with Gasteiger partial charge >= 0.3 is 0 Å². The molecule has 1 saturated heterocycles.